The van der Waals surface area contributed by atoms with Crippen molar-refractivity contribution in [2.24, 2.45) is 7.05 Å². The molecular weight excluding hydrogens is 238 g/mol. The van der Waals surface area contributed by atoms with E-state index in [-0.39, 0.29) is 5.92 Å². The molecular formula is C15H21N3O. The van der Waals surface area contributed by atoms with Crippen LogP contribution in [-0.4, -0.2) is 9.78 Å². The lowest BCUT2D eigenvalue weighted by atomic mass is 10.1. The van der Waals surface area contributed by atoms with Crippen molar-refractivity contribution >= 4 is 5.69 Å². The van der Waals surface area contributed by atoms with Gasteiger partial charge in [-0.3, -0.25) is 0 Å². The quantitative estimate of drug-likeness (QED) is 0.917. The van der Waals surface area contributed by atoms with Gasteiger partial charge in [0.1, 0.15) is 11.4 Å². The molecule has 0 fully saturated rings. The Morgan fingerprint density at radius 3 is 2.53 bits per heavy atom. The molecule has 0 aliphatic rings. The lowest BCUT2D eigenvalue weighted by Crippen LogP contribution is -1.98. The van der Waals surface area contributed by atoms with Crippen molar-refractivity contribution in [1.82, 2.24) is 9.78 Å². The number of anilines is 1. The van der Waals surface area contributed by atoms with Crippen molar-refractivity contribution in [1.29, 1.82) is 0 Å². The number of aryl methyl sites for hydroxylation is 2. The monoisotopic (exact) mass is 259 g/mol. The molecule has 0 bridgehead atoms. The van der Waals surface area contributed by atoms with Gasteiger partial charge in [-0.25, -0.2) is 4.68 Å². The first-order valence-electron chi connectivity index (χ1n) is 6.48. The molecule has 1 aromatic heterocycles. The van der Waals surface area contributed by atoms with Crippen LogP contribution in [0.15, 0.2) is 18.2 Å². The third-order valence-corrected chi connectivity index (χ3v) is 3.37. The number of benzene rings is 1. The summed E-state index contributed by atoms with van der Waals surface area (Å²) in [5.74, 6) is 1.71. The van der Waals surface area contributed by atoms with E-state index in [1.807, 2.05) is 26.1 Å². The maximum Gasteiger partial charge on any atom is 0.241 e. The Morgan fingerprint density at radius 2 is 1.95 bits per heavy atom. The van der Waals surface area contributed by atoms with E-state index in [4.69, 9.17) is 10.5 Å². The van der Waals surface area contributed by atoms with E-state index in [2.05, 4.69) is 31.9 Å². The first-order valence-corrected chi connectivity index (χ1v) is 6.48. The number of nitrogens with two attached hydrogens (primary N) is 1. The maximum absolute atomic E-state index is 6.13. The summed E-state index contributed by atoms with van der Waals surface area (Å²) in [5, 5.41) is 4.42. The minimum absolute atomic E-state index is 0.280. The smallest absolute Gasteiger partial charge is 0.241 e. The van der Waals surface area contributed by atoms with Crippen molar-refractivity contribution in [3.63, 3.8) is 0 Å². The van der Waals surface area contributed by atoms with Crippen LogP contribution in [0.3, 0.4) is 0 Å². The number of aromatic nitrogens is 2. The van der Waals surface area contributed by atoms with Crippen molar-refractivity contribution in [2.75, 3.05) is 5.73 Å². The predicted octanol–water partition coefficient (Wildman–Crippen LogP) is 3.53. The molecule has 2 rings (SSSR count). The summed E-state index contributed by atoms with van der Waals surface area (Å²) < 4.78 is 7.66. The van der Waals surface area contributed by atoms with Crippen LogP contribution in [0.25, 0.3) is 0 Å². The molecule has 4 heteroatoms. The van der Waals surface area contributed by atoms with E-state index in [0.717, 1.165) is 17.0 Å². The first-order chi connectivity index (χ1) is 8.91. The van der Waals surface area contributed by atoms with E-state index in [0.29, 0.717) is 11.6 Å². The molecule has 0 aliphatic carbocycles. The number of nitrogens with zero attached hydrogens (tertiary/aromatic N) is 2. The minimum atomic E-state index is 0.280. The highest BCUT2D eigenvalue weighted by atomic mass is 16.5. The van der Waals surface area contributed by atoms with Crippen LogP contribution in [0.1, 0.15) is 36.6 Å². The Labute approximate surface area is 114 Å². The molecule has 0 saturated carbocycles. The fourth-order valence-corrected chi connectivity index (χ4v) is 2.03. The van der Waals surface area contributed by atoms with Crippen LogP contribution >= 0.6 is 0 Å². The first kappa shape index (κ1) is 13.5. The SMILES string of the molecule is Cc1cccc(Oc2c(N)c(C(C)C)nn2C)c1C. The van der Waals surface area contributed by atoms with Gasteiger partial charge in [0, 0.05) is 7.05 Å². The number of ether oxygens (including phenoxy) is 1. The average Bonchev–Trinajstić information content (AvgIpc) is 2.63. The maximum atomic E-state index is 6.13. The van der Waals surface area contributed by atoms with Gasteiger partial charge in [0.15, 0.2) is 0 Å². The van der Waals surface area contributed by atoms with Gasteiger partial charge >= 0.3 is 0 Å². The second-order valence-corrected chi connectivity index (χ2v) is 5.18. The van der Waals surface area contributed by atoms with Crippen LogP contribution in [0.4, 0.5) is 5.69 Å². The van der Waals surface area contributed by atoms with Gasteiger partial charge in [-0.05, 0) is 37.0 Å². The Morgan fingerprint density at radius 1 is 1.26 bits per heavy atom. The summed E-state index contributed by atoms with van der Waals surface area (Å²) in [5.41, 5.74) is 9.95. The molecule has 4 nitrogen and oxygen atoms in total. The molecule has 0 unspecified atom stereocenters. The number of rotatable bonds is 3. The third kappa shape index (κ3) is 2.43. The third-order valence-electron chi connectivity index (χ3n) is 3.37. The van der Waals surface area contributed by atoms with Gasteiger partial charge in [-0.1, -0.05) is 26.0 Å². The summed E-state index contributed by atoms with van der Waals surface area (Å²) in [6, 6.07) is 5.99. The van der Waals surface area contributed by atoms with Crippen molar-refractivity contribution < 1.29 is 4.74 Å². The van der Waals surface area contributed by atoms with Crippen LogP contribution in [0, 0.1) is 13.8 Å². The number of hydrogen-bond donors (Lipinski definition) is 1. The summed E-state index contributed by atoms with van der Waals surface area (Å²) in [6.45, 7) is 8.25. The van der Waals surface area contributed by atoms with Crippen LogP contribution < -0.4 is 10.5 Å². The van der Waals surface area contributed by atoms with Crippen LogP contribution in [0.5, 0.6) is 11.6 Å². The van der Waals surface area contributed by atoms with Crippen LogP contribution in [-0.2, 0) is 7.05 Å². The summed E-state index contributed by atoms with van der Waals surface area (Å²) >= 11 is 0. The van der Waals surface area contributed by atoms with E-state index in [1.54, 1.807) is 4.68 Å². The lowest BCUT2D eigenvalue weighted by Gasteiger charge is -2.11. The van der Waals surface area contributed by atoms with Gasteiger partial charge < -0.3 is 10.5 Å². The summed E-state index contributed by atoms with van der Waals surface area (Å²) in [6.07, 6.45) is 0. The highest BCUT2D eigenvalue weighted by Gasteiger charge is 2.18. The van der Waals surface area contributed by atoms with Gasteiger partial charge in [0.2, 0.25) is 5.88 Å². The summed E-state index contributed by atoms with van der Waals surface area (Å²) in [4.78, 5) is 0. The molecule has 19 heavy (non-hydrogen) atoms. The number of hydrogen-bond acceptors (Lipinski definition) is 3. The highest BCUT2D eigenvalue weighted by Crippen LogP contribution is 2.34. The number of nitrogen functional groups attached to an aromatic ring is 1. The van der Waals surface area contributed by atoms with Crippen molar-refractivity contribution in [3.8, 4) is 11.6 Å². The molecule has 102 valence electrons. The Hall–Kier alpha value is -1.97. The molecule has 0 spiro atoms. The van der Waals surface area contributed by atoms with E-state index in [1.165, 1.54) is 5.56 Å². The molecule has 0 aliphatic heterocycles. The van der Waals surface area contributed by atoms with Gasteiger partial charge in [0.05, 0.1) is 5.69 Å². The highest BCUT2D eigenvalue weighted by molar-refractivity contribution is 5.56. The van der Waals surface area contributed by atoms with E-state index in [9.17, 15) is 0 Å². The predicted molar refractivity (Wildman–Crippen MR) is 77.7 cm³/mol. The minimum Gasteiger partial charge on any atom is -0.437 e. The second kappa shape index (κ2) is 4.96. The molecule has 2 N–H and O–H groups in total. The van der Waals surface area contributed by atoms with Gasteiger partial charge in [-0.15, -0.1) is 0 Å². The van der Waals surface area contributed by atoms with E-state index < -0.39 is 0 Å². The van der Waals surface area contributed by atoms with Crippen molar-refractivity contribution in [2.45, 2.75) is 33.6 Å². The molecule has 1 aromatic carbocycles. The zero-order valence-electron chi connectivity index (χ0n) is 12.2. The molecule has 0 saturated heterocycles. The topological polar surface area (TPSA) is 53.1 Å². The normalized spacial score (nSPS) is 11.1. The lowest BCUT2D eigenvalue weighted by molar-refractivity contribution is 0.429. The van der Waals surface area contributed by atoms with Gasteiger partial charge in [-0.2, -0.15) is 5.10 Å². The average molecular weight is 259 g/mol. The second-order valence-electron chi connectivity index (χ2n) is 5.18. The largest absolute Gasteiger partial charge is 0.437 e. The molecule has 0 amide bonds. The Kier molecular flexibility index (Phi) is 3.51. The van der Waals surface area contributed by atoms with Gasteiger partial charge in [0.25, 0.3) is 0 Å². The molecule has 2 aromatic rings. The molecule has 1 heterocycles. The summed E-state index contributed by atoms with van der Waals surface area (Å²) in [7, 11) is 1.85. The van der Waals surface area contributed by atoms with Crippen LogP contribution in [0.2, 0.25) is 0 Å². The zero-order chi connectivity index (χ0) is 14.2. The standard InChI is InChI=1S/C15H21N3O/c1-9(2)14-13(16)15(18(5)17-14)19-12-8-6-7-10(3)11(12)4/h6-9H,16H2,1-5H3. The zero-order valence-corrected chi connectivity index (χ0v) is 12.2. The van der Waals surface area contributed by atoms with E-state index >= 15 is 0 Å². The Balaban J connectivity index is 2.41. The van der Waals surface area contributed by atoms with Crippen molar-refractivity contribution in [3.05, 3.63) is 35.0 Å². The molecule has 0 atom stereocenters. The molecule has 0 radical (unpaired) electrons. The fourth-order valence-electron chi connectivity index (χ4n) is 2.03. The Bertz CT molecular complexity index is 600. The fraction of sp³-hybridized carbons (Fsp3) is 0.400.